The number of anilines is 1. The topological polar surface area (TPSA) is 71.1 Å². The zero-order valence-corrected chi connectivity index (χ0v) is 10.3. The molecule has 5 nitrogen and oxygen atoms in total. The molecule has 2 N–H and O–H groups in total. The SMILES string of the molecule is CCCCNS(=O)(=O)c1cnccc1NC. The predicted octanol–water partition coefficient (Wildman–Crippen LogP) is 1.20. The largest absolute Gasteiger partial charge is 0.387 e. The van der Waals surface area contributed by atoms with Crippen LogP contribution >= 0.6 is 0 Å². The van der Waals surface area contributed by atoms with E-state index >= 15 is 0 Å². The summed E-state index contributed by atoms with van der Waals surface area (Å²) in [4.78, 5) is 4.02. The summed E-state index contributed by atoms with van der Waals surface area (Å²) in [5.41, 5.74) is 0.555. The molecule has 1 heterocycles. The average Bonchev–Trinajstić information content (AvgIpc) is 2.29. The fraction of sp³-hybridized carbons (Fsp3) is 0.500. The molecular formula is C10H17N3O2S. The highest BCUT2D eigenvalue weighted by molar-refractivity contribution is 7.89. The Balaban J connectivity index is 2.89. The number of aromatic nitrogens is 1. The van der Waals surface area contributed by atoms with Crippen LogP contribution in [-0.2, 0) is 10.0 Å². The van der Waals surface area contributed by atoms with Crippen molar-refractivity contribution in [3.05, 3.63) is 18.5 Å². The van der Waals surface area contributed by atoms with E-state index in [0.717, 1.165) is 12.8 Å². The van der Waals surface area contributed by atoms with Crippen molar-refractivity contribution in [1.29, 1.82) is 0 Å². The van der Waals surface area contributed by atoms with Crippen molar-refractivity contribution in [3.63, 3.8) is 0 Å². The number of unbranched alkanes of at least 4 members (excludes halogenated alkanes) is 1. The van der Waals surface area contributed by atoms with Crippen LogP contribution in [0.4, 0.5) is 5.69 Å². The van der Waals surface area contributed by atoms with Gasteiger partial charge in [0.15, 0.2) is 0 Å². The molecule has 0 fully saturated rings. The predicted molar refractivity (Wildman–Crippen MR) is 63.9 cm³/mol. The van der Waals surface area contributed by atoms with Crippen LogP contribution in [0.25, 0.3) is 0 Å². The van der Waals surface area contributed by atoms with Gasteiger partial charge in [0.2, 0.25) is 10.0 Å². The van der Waals surface area contributed by atoms with Gasteiger partial charge in [-0.3, -0.25) is 4.98 Å². The van der Waals surface area contributed by atoms with Gasteiger partial charge in [-0.2, -0.15) is 0 Å². The van der Waals surface area contributed by atoms with E-state index in [1.165, 1.54) is 6.20 Å². The highest BCUT2D eigenvalue weighted by Crippen LogP contribution is 2.18. The van der Waals surface area contributed by atoms with Crippen LogP contribution in [0.5, 0.6) is 0 Å². The van der Waals surface area contributed by atoms with Gasteiger partial charge < -0.3 is 5.32 Å². The Morgan fingerprint density at radius 3 is 2.81 bits per heavy atom. The minimum Gasteiger partial charge on any atom is -0.387 e. The van der Waals surface area contributed by atoms with E-state index in [0.29, 0.717) is 12.2 Å². The fourth-order valence-corrected chi connectivity index (χ4v) is 2.49. The Hall–Kier alpha value is -1.14. The van der Waals surface area contributed by atoms with Gasteiger partial charge in [0, 0.05) is 26.0 Å². The van der Waals surface area contributed by atoms with E-state index in [9.17, 15) is 8.42 Å². The van der Waals surface area contributed by atoms with Crippen LogP contribution in [0.1, 0.15) is 19.8 Å². The van der Waals surface area contributed by atoms with Crippen molar-refractivity contribution in [2.45, 2.75) is 24.7 Å². The molecule has 0 aromatic carbocycles. The number of nitrogens with one attached hydrogen (secondary N) is 2. The molecular weight excluding hydrogens is 226 g/mol. The molecule has 0 bridgehead atoms. The van der Waals surface area contributed by atoms with Crippen LogP contribution in [-0.4, -0.2) is 27.0 Å². The maximum atomic E-state index is 11.9. The average molecular weight is 243 g/mol. The van der Waals surface area contributed by atoms with E-state index in [1.807, 2.05) is 6.92 Å². The van der Waals surface area contributed by atoms with E-state index in [-0.39, 0.29) is 4.90 Å². The van der Waals surface area contributed by atoms with E-state index < -0.39 is 10.0 Å². The second-order valence-corrected chi connectivity index (χ2v) is 5.11. The monoisotopic (exact) mass is 243 g/mol. The Morgan fingerprint density at radius 1 is 1.44 bits per heavy atom. The lowest BCUT2D eigenvalue weighted by molar-refractivity contribution is 0.578. The molecule has 1 rings (SSSR count). The minimum absolute atomic E-state index is 0.189. The van der Waals surface area contributed by atoms with Crippen molar-refractivity contribution < 1.29 is 8.42 Å². The maximum absolute atomic E-state index is 11.9. The van der Waals surface area contributed by atoms with Gasteiger partial charge in [0.1, 0.15) is 4.90 Å². The second-order valence-electron chi connectivity index (χ2n) is 3.37. The summed E-state index contributed by atoms with van der Waals surface area (Å²) in [6, 6.07) is 1.63. The van der Waals surface area contributed by atoms with Gasteiger partial charge in [-0.15, -0.1) is 0 Å². The van der Waals surface area contributed by atoms with Gasteiger partial charge >= 0.3 is 0 Å². The molecule has 6 heteroatoms. The first-order valence-corrected chi connectivity index (χ1v) is 6.71. The molecule has 1 aromatic heterocycles. The minimum atomic E-state index is -3.45. The standard InChI is InChI=1S/C10H17N3O2S/c1-3-4-6-13-16(14,15)10-8-12-7-5-9(10)11-2/h5,7-8,13H,3-4,6H2,1-2H3,(H,11,12). The molecule has 0 radical (unpaired) electrons. The summed E-state index contributed by atoms with van der Waals surface area (Å²) in [6.45, 7) is 2.47. The van der Waals surface area contributed by atoms with Crippen LogP contribution in [0, 0.1) is 0 Å². The van der Waals surface area contributed by atoms with Crippen LogP contribution in [0.2, 0.25) is 0 Å². The second kappa shape index (κ2) is 5.81. The summed E-state index contributed by atoms with van der Waals surface area (Å²) in [5.74, 6) is 0. The first kappa shape index (κ1) is 12.9. The van der Waals surface area contributed by atoms with Gasteiger partial charge in [0.05, 0.1) is 5.69 Å². The third kappa shape index (κ3) is 3.18. The zero-order valence-electron chi connectivity index (χ0n) is 9.53. The summed E-state index contributed by atoms with van der Waals surface area (Å²) in [7, 11) is -1.77. The molecule has 0 amide bonds. The van der Waals surface area contributed by atoms with Crippen molar-refractivity contribution in [3.8, 4) is 0 Å². The summed E-state index contributed by atoms with van der Waals surface area (Å²) in [5, 5.41) is 2.83. The molecule has 0 spiro atoms. The Morgan fingerprint density at radius 2 is 2.19 bits per heavy atom. The van der Waals surface area contributed by atoms with Gasteiger partial charge in [-0.1, -0.05) is 13.3 Å². The molecule has 0 aliphatic heterocycles. The molecule has 0 aliphatic rings. The molecule has 16 heavy (non-hydrogen) atoms. The lowest BCUT2D eigenvalue weighted by Gasteiger charge is -2.09. The molecule has 0 aliphatic carbocycles. The maximum Gasteiger partial charge on any atom is 0.244 e. The number of sulfonamides is 1. The van der Waals surface area contributed by atoms with Gasteiger partial charge in [-0.25, -0.2) is 13.1 Å². The van der Waals surface area contributed by atoms with Crippen LogP contribution < -0.4 is 10.0 Å². The normalized spacial score (nSPS) is 11.4. The highest BCUT2D eigenvalue weighted by Gasteiger charge is 2.17. The van der Waals surface area contributed by atoms with E-state index in [4.69, 9.17) is 0 Å². The first-order valence-electron chi connectivity index (χ1n) is 5.23. The van der Waals surface area contributed by atoms with E-state index in [2.05, 4.69) is 15.0 Å². The van der Waals surface area contributed by atoms with E-state index in [1.54, 1.807) is 19.3 Å². The fourth-order valence-electron chi connectivity index (χ4n) is 1.26. The number of hydrogen-bond donors (Lipinski definition) is 2. The van der Waals surface area contributed by atoms with Crippen LogP contribution in [0.15, 0.2) is 23.4 Å². The Kier molecular flexibility index (Phi) is 4.70. The number of hydrogen-bond acceptors (Lipinski definition) is 4. The third-order valence-electron chi connectivity index (χ3n) is 2.17. The Labute approximate surface area is 96.3 Å². The van der Waals surface area contributed by atoms with Crippen molar-refractivity contribution in [2.24, 2.45) is 0 Å². The number of nitrogens with zero attached hydrogens (tertiary/aromatic N) is 1. The Bertz CT molecular complexity index is 431. The summed E-state index contributed by atoms with van der Waals surface area (Å²) >= 11 is 0. The summed E-state index contributed by atoms with van der Waals surface area (Å²) < 4.78 is 26.3. The molecule has 1 aromatic rings. The number of rotatable bonds is 6. The van der Waals surface area contributed by atoms with Gasteiger partial charge in [0.25, 0.3) is 0 Å². The zero-order chi connectivity index (χ0) is 12.0. The van der Waals surface area contributed by atoms with Gasteiger partial charge in [-0.05, 0) is 12.5 Å². The lowest BCUT2D eigenvalue weighted by atomic mass is 10.3. The highest BCUT2D eigenvalue weighted by atomic mass is 32.2. The molecule has 90 valence electrons. The van der Waals surface area contributed by atoms with Crippen molar-refractivity contribution in [1.82, 2.24) is 9.71 Å². The van der Waals surface area contributed by atoms with Crippen molar-refractivity contribution in [2.75, 3.05) is 18.9 Å². The van der Waals surface area contributed by atoms with Crippen molar-refractivity contribution >= 4 is 15.7 Å². The molecule has 0 atom stereocenters. The van der Waals surface area contributed by atoms with Crippen LogP contribution in [0.3, 0.4) is 0 Å². The molecule has 0 saturated carbocycles. The first-order chi connectivity index (χ1) is 7.61. The molecule has 0 unspecified atom stereocenters. The third-order valence-corrected chi connectivity index (χ3v) is 3.65. The quantitative estimate of drug-likeness (QED) is 0.737. The smallest absolute Gasteiger partial charge is 0.244 e. The lowest BCUT2D eigenvalue weighted by Crippen LogP contribution is -2.25. The number of pyridine rings is 1. The molecule has 0 saturated heterocycles. The summed E-state index contributed by atoms with van der Waals surface area (Å²) in [6.07, 6.45) is 4.68.